The van der Waals surface area contributed by atoms with Crippen LogP contribution in [-0.2, 0) is 0 Å². The van der Waals surface area contributed by atoms with Crippen molar-refractivity contribution in [2.24, 2.45) is 0 Å². The Morgan fingerprint density at radius 3 is 2.30 bits per heavy atom. The molecule has 0 amide bonds. The topological polar surface area (TPSA) is 82.7 Å². The lowest BCUT2D eigenvalue weighted by Crippen LogP contribution is -2.19. The minimum Gasteiger partial charge on any atom is -0.298 e. The minimum atomic E-state index is -0.538. The molecule has 0 radical (unpaired) electrons. The summed E-state index contributed by atoms with van der Waals surface area (Å²) in [4.78, 5) is 22.3. The smallest absolute Gasteiger partial charge is 0.298 e. The summed E-state index contributed by atoms with van der Waals surface area (Å²) in [5, 5.41) is 0.896. The fraction of sp³-hybridized carbons (Fsp3) is 0. The van der Waals surface area contributed by atoms with Crippen molar-refractivity contribution < 1.29 is 0 Å². The van der Waals surface area contributed by atoms with Gasteiger partial charge in [-0.2, -0.15) is 9.97 Å². The number of hydrogen-bond donors (Lipinski definition) is 3. The molecular formula is C15H11Cl2N5O. The third-order valence-electron chi connectivity index (χ3n) is 2.88. The maximum atomic E-state index is 11.7. The van der Waals surface area contributed by atoms with Gasteiger partial charge in [-0.3, -0.25) is 15.8 Å². The van der Waals surface area contributed by atoms with Gasteiger partial charge in [0.2, 0.25) is 5.95 Å². The predicted molar refractivity (Wildman–Crippen MR) is 91.8 cm³/mol. The predicted octanol–water partition coefficient (Wildman–Crippen LogP) is 3.58. The zero-order valence-electron chi connectivity index (χ0n) is 11.7. The molecule has 23 heavy (non-hydrogen) atoms. The van der Waals surface area contributed by atoms with Gasteiger partial charge in [0.1, 0.15) is 5.82 Å². The van der Waals surface area contributed by atoms with E-state index in [1.54, 1.807) is 18.2 Å². The Morgan fingerprint density at radius 1 is 0.913 bits per heavy atom. The molecule has 1 heterocycles. The van der Waals surface area contributed by atoms with Gasteiger partial charge in [0.15, 0.2) is 0 Å². The van der Waals surface area contributed by atoms with Crippen LogP contribution in [0.25, 0.3) is 11.4 Å². The number of H-pyrrole nitrogens is 1. The van der Waals surface area contributed by atoms with Crippen LogP contribution in [0.4, 0.5) is 11.6 Å². The second kappa shape index (κ2) is 6.68. The lowest BCUT2D eigenvalue weighted by molar-refractivity contribution is 0.994. The molecule has 0 atom stereocenters. The fourth-order valence-electron chi connectivity index (χ4n) is 1.92. The first-order chi connectivity index (χ1) is 11.1. The largest absolute Gasteiger partial charge is 0.349 e. The van der Waals surface area contributed by atoms with Crippen molar-refractivity contribution in [3.8, 4) is 11.4 Å². The molecule has 0 unspecified atom stereocenters. The highest BCUT2D eigenvalue weighted by molar-refractivity contribution is 6.35. The third kappa shape index (κ3) is 4.00. The van der Waals surface area contributed by atoms with Crippen LogP contribution in [0.5, 0.6) is 0 Å². The molecule has 8 heteroatoms. The van der Waals surface area contributed by atoms with Crippen LogP contribution in [-0.4, -0.2) is 15.0 Å². The number of halogens is 2. The van der Waals surface area contributed by atoms with Crippen molar-refractivity contribution in [3.63, 3.8) is 0 Å². The average molecular weight is 348 g/mol. The zero-order valence-corrected chi connectivity index (χ0v) is 13.2. The number of anilines is 2. The number of benzene rings is 2. The highest BCUT2D eigenvalue weighted by Gasteiger charge is 2.07. The number of nitrogens with one attached hydrogen (secondary N) is 3. The molecular weight excluding hydrogens is 337 g/mol. The molecule has 3 N–H and O–H groups in total. The molecule has 0 fully saturated rings. The summed E-state index contributed by atoms with van der Waals surface area (Å²) < 4.78 is 0. The molecule has 3 aromatic rings. The number of hydrogen-bond acceptors (Lipinski definition) is 5. The van der Waals surface area contributed by atoms with Crippen molar-refractivity contribution in [2.75, 3.05) is 10.9 Å². The second-order valence-electron chi connectivity index (χ2n) is 4.60. The molecule has 0 bridgehead atoms. The van der Waals surface area contributed by atoms with Crippen LogP contribution >= 0.6 is 23.2 Å². The number of para-hydroxylation sites is 1. The van der Waals surface area contributed by atoms with E-state index in [2.05, 4.69) is 25.8 Å². The monoisotopic (exact) mass is 347 g/mol. The van der Waals surface area contributed by atoms with Crippen molar-refractivity contribution >= 4 is 34.8 Å². The number of rotatable bonds is 4. The lowest BCUT2D eigenvalue weighted by Gasteiger charge is -2.09. The lowest BCUT2D eigenvalue weighted by atomic mass is 10.2. The van der Waals surface area contributed by atoms with Crippen molar-refractivity contribution in [3.05, 3.63) is 69.1 Å². The molecule has 3 rings (SSSR count). The Kier molecular flexibility index (Phi) is 4.45. The highest BCUT2D eigenvalue weighted by Crippen LogP contribution is 2.24. The molecule has 0 aliphatic heterocycles. The molecule has 0 saturated heterocycles. The zero-order chi connectivity index (χ0) is 16.2. The summed E-state index contributed by atoms with van der Waals surface area (Å²) >= 11 is 11.9. The molecule has 0 aliphatic rings. The van der Waals surface area contributed by atoms with Gasteiger partial charge in [0.05, 0.1) is 5.69 Å². The fourth-order valence-corrected chi connectivity index (χ4v) is 2.44. The van der Waals surface area contributed by atoms with E-state index < -0.39 is 5.69 Å². The van der Waals surface area contributed by atoms with Gasteiger partial charge in [0, 0.05) is 15.6 Å². The van der Waals surface area contributed by atoms with E-state index >= 15 is 0 Å². The van der Waals surface area contributed by atoms with E-state index in [9.17, 15) is 4.79 Å². The first-order valence-electron chi connectivity index (χ1n) is 6.62. The van der Waals surface area contributed by atoms with E-state index in [1.165, 1.54) is 0 Å². The number of aromatic nitrogens is 3. The van der Waals surface area contributed by atoms with Gasteiger partial charge >= 0.3 is 5.69 Å². The van der Waals surface area contributed by atoms with E-state index in [0.717, 1.165) is 5.69 Å². The molecule has 0 spiro atoms. The maximum absolute atomic E-state index is 11.7. The number of hydrazine groups is 1. The Labute approximate surface area is 141 Å². The first kappa shape index (κ1) is 15.3. The summed E-state index contributed by atoms with van der Waals surface area (Å²) in [6, 6.07) is 14.3. The van der Waals surface area contributed by atoms with Gasteiger partial charge in [-0.25, -0.2) is 4.79 Å². The Hall–Kier alpha value is -2.57. The van der Waals surface area contributed by atoms with Crippen LogP contribution in [0.1, 0.15) is 0 Å². The van der Waals surface area contributed by atoms with Crippen LogP contribution in [0, 0.1) is 0 Å². The van der Waals surface area contributed by atoms with Gasteiger partial charge < -0.3 is 0 Å². The molecule has 1 aromatic heterocycles. The number of aromatic amines is 1. The molecule has 2 aromatic carbocycles. The normalized spacial score (nSPS) is 10.3. The summed E-state index contributed by atoms with van der Waals surface area (Å²) in [5.41, 5.74) is 6.55. The van der Waals surface area contributed by atoms with Crippen LogP contribution in [0.15, 0.2) is 53.3 Å². The van der Waals surface area contributed by atoms with Crippen molar-refractivity contribution in [1.82, 2.24) is 15.0 Å². The van der Waals surface area contributed by atoms with Crippen molar-refractivity contribution in [1.29, 1.82) is 0 Å². The molecule has 0 saturated carbocycles. The first-order valence-corrected chi connectivity index (χ1v) is 7.38. The van der Waals surface area contributed by atoms with E-state index in [4.69, 9.17) is 23.2 Å². The summed E-state index contributed by atoms with van der Waals surface area (Å²) in [6.07, 6.45) is 0. The minimum absolute atomic E-state index is 0.128. The highest BCUT2D eigenvalue weighted by atomic mass is 35.5. The van der Waals surface area contributed by atoms with E-state index in [-0.39, 0.29) is 5.95 Å². The van der Waals surface area contributed by atoms with Gasteiger partial charge in [-0.1, -0.05) is 41.4 Å². The third-order valence-corrected chi connectivity index (χ3v) is 3.32. The van der Waals surface area contributed by atoms with E-state index in [0.29, 0.717) is 21.4 Å². The van der Waals surface area contributed by atoms with Crippen LogP contribution in [0.2, 0.25) is 10.0 Å². The Bertz CT molecular complexity index is 862. The van der Waals surface area contributed by atoms with Crippen molar-refractivity contribution in [2.45, 2.75) is 0 Å². The second-order valence-corrected chi connectivity index (χ2v) is 5.47. The van der Waals surface area contributed by atoms with Gasteiger partial charge in [0.25, 0.3) is 0 Å². The number of nitrogens with zero attached hydrogens (tertiary/aromatic N) is 2. The molecule has 6 nitrogen and oxygen atoms in total. The molecule has 116 valence electrons. The summed E-state index contributed by atoms with van der Waals surface area (Å²) in [5.74, 6) is 0.440. The van der Waals surface area contributed by atoms with Gasteiger partial charge in [-0.05, 0) is 30.3 Å². The Balaban J connectivity index is 1.88. The average Bonchev–Trinajstić information content (AvgIpc) is 2.52. The van der Waals surface area contributed by atoms with E-state index in [1.807, 2.05) is 30.3 Å². The summed E-state index contributed by atoms with van der Waals surface area (Å²) in [7, 11) is 0. The van der Waals surface area contributed by atoms with Crippen LogP contribution in [0.3, 0.4) is 0 Å². The van der Waals surface area contributed by atoms with Crippen LogP contribution < -0.4 is 16.5 Å². The summed E-state index contributed by atoms with van der Waals surface area (Å²) in [6.45, 7) is 0. The standard InChI is InChI=1S/C15H11Cl2N5O/c16-10-6-9(7-11(17)8-10)13-18-14(20-15(23)19-13)22-21-12-4-2-1-3-5-12/h1-8,21H,(H2,18,19,20,22,23). The SMILES string of the molecule is O=c1nc(NNc2ccccc2)nc(-c2cc(Cl)cc(Cl)c2)[nH]1. The molecule has 0 aliphatic carbocycles. The Morgan fingerprint density at radius 2 is 1.61 bits per heavy atom. The maximum Gasteiger partial charge on any atom is 0.349 e. The quantitative estimate of drug-likeness (QED) is 0.628. The van der Waals surface area contributed by atoms with Gasteiger partial charge in [-0.15, -0.1) is 0 Å².